The number of para-hydroxylation sites is 1. The van der Waals surface area contributed by atoms with Gasteiger partial charge in [0.05, 0.1) is 19.0 Å². The SMILES string of the molecule is Cc1cccc(C)c1NC(=O)C[N+]1(Cc2ccccc2)CCCC(C(=O)NCC(C)C)C1. The Morgan fingerprint density at radius 2 is 1.72 bits per heavy atom. The number of benzene rings is 2. The minimum atomic E-state index is -0.0563. The molecule has 0 bridgehead atoms. The predicted octanol–water partition coefficient (Wildman–Crippen LogP) is 4.44. The lowest BCUT2D eigenvalue weighted by molar-refractivity contribution is -0.940. The van der Waals surface area contributed by atoms with Crippen LogP contribution in [0.25, 0.3) is 0 Å². The van der Waals surface area contributed by atoms with E-state index in [1.54, 1.807) is 0 Å². The minimum absolute atomic E-state index is 0.0153. The van der Waals surface area contributed by atoms with Gasteiger partial charge in [-0.25, -0.2) is 0 Å². The molecule has 1 aliphatic rings. The van der Waals surface area contributed by atoms with E-state index in [-0.39, 0.29) is 17.7 Å². The lowest BCUT2D eigenvalue weighted by atomic mass is 9.93. The third-order valence-electron chi connectivity index (χ3n) is 6.43. The molecule has 5 heteroatoms. The van der Waals surface area contributed by atoms with E-state index in [9.17, 15) is 9.59 Å². The molecule has 1 fully saturated rings. The van der Waals surface area contributed by atoms with Crippen LogP contribution in [-0.2, 0) is 16.1 Å². The number of aryl methyl sites for hydroxylation is 2. The van der Waals surface area contributed by atoms with Crippen LogP contribution < -0.4 is 10.6 Å². The Bertz CT molecular complexity index is 906. The highest BCUT2D eigenvalue weighted by molar-refractivity contribution is 5.93. The first kappa shape index (κ1) is 24.0. The third-order valence-corrected chi connectivity index (χ3v) is 6.43. The zero-order valence-corrected chi connectivity index (χ0v) is 20.0. The van der Waals surface area contributed by atoms with Gasteiger partial charge in [0.25, 0.3) is 5.91 Å². The summed E-state index contributed by atoms with van der Waals surface area (Å²) in [6, 6.07) is 16.4. The van der Waals surface area contributed by atoms with E-state index in [4.69, 9.17) is 0 Å². The molecule has 2 amide bonds. The van der Waals surface area contributed by atoms with Crippen molar-refractivity contribution < 1.29 is 14.1 Å². The van der Waals surface area contributed by atoms with Crippen molar-refractivity contribution in [2.75, 3.05) is 31.5 Å². The predicted molar refractivity (Wildman–Crippen MR) is 130 cm³/mol. The van der Waals surface area contributed by atoms with Gasteiger partial charge in [-0.05, 0) is 43.7 Å². The van der Waals surface area contributed by atoms with Gasteiger partial charge in [0.1, 0.15) is 6.54 Å². The molecule has 2 unspecified atom stereocenters. The summed E-state index contributed by atoms with van der Waals surface area (Å²) in [5.74, 6) is 0.513. The molecule has 3 rings (SSSR count). The van der Waals surface area contributed by atoms with Crippen LogP contribution in [0, 0.1) is 25.7 Å². The second-order valence-corrected chi connectivity index (χ2v) is 9.84. The number of carbonyl (C=O) groups is 2. The maximum absolute atomic E-state index is 13.2. The minimum Gasteiger partial charge on any atom is -0.355 e. The highest BCUT2D eigenvalue weighted by Gasteiger charge is 2.40. The van der Waals surface area contributed by atoms with Crippen LogP contribution in [0.3, 0.4) is 0 Å². The zero-order chi connectivity index (χ0) is 23.1. The van der Waals surface area contributed by atoms with E-state index in [2.05, 4.69) is 36.6 Å². The molecule has 0 spiro atoms. The second kappa shape index (κ2) is 10.8. The summed E-state index contributed by atoms with van der Waals surface area (Å²) in [7, 11) is 0. The fourth-order valence-corrected chi connectivity index (χ4v) is 4.80. The largest absolute Gasteiger partial charge is 0.355 e. The van der Waals surface area contributed by atoms with Crippen LogP contribution in [0.4, 0.5) is 5.69 Å². The Morgan fingerprint density at radius 3 is 2.38 bits per heavy atom. The number of nitrogens with one attached hydrogen (secondary N) is 2. The van der Waals surface area contributed by atoms with Crippen LogP contribution in [0.15, 0.2) is 48.5 Å². The van der Waals surface area contributed by atoms with Gasteiger partial charge in [-0.2, -0.15) is 0 Å². The van der Waals surface area contributed by atoms with Gasteiger partial charge in [0.2, 0.25) is 5.91 Å². The Balaban J connectivity index is 1.79. The summed E-state index contributed by atoms with van der Waals surface area (Å²) >= 11 is 0. The Morgan fingerprint density at radius 1 is 1.03 bits per heavy atom. The van der Waals surface area contributed by atoms with E-state index >= 15 is 0 Å². The van der Waals surface area contributed by atoms with Crippen molar-refractivity contribution in [1.29, 1.82) is 0 Å². The van der Waals surface area contributed by atoms with Gasteiger partial charge >= 0.3 is 0 Å². The lowest BCUT2D eigenvalue weighted by Gasteiger charge is -2.43. The molecule has 1 aliphatic heterocycles. The molecular formula is C27H38N3O2+. The van der Waals surface area contributed by atoms with Crippen LogP contribution in [0.1, 0.15) is 43.4 Å². The molecular weight excluding hydrogens is 398 g/mol. The monoisotopic (exact) mass is 436 g/mol. The first-order valence-corrected chi connectivity index (χ1v) is 11.8. The first-order valence-electron chi connectivity index (χ1n) is 11.8. The second-order valence-electron chi connectivity index (χ2n) is 9.84. The molecule has 0 radical (unpaired) electrons. The number of amides is 2. The average molecular weight is 437 g/mol. The molecule has 5 nitrogen and oxygen atoms in total. The molecule has 172 valence electrons. The summed E-state index contributed by atoms with van der Waals surface area (Å²) in [6.07, 6.45) is 1.83. The van der Waals surface area contributed by atoms with Crippen molar-refractivity contribution in [3.05, 3.63) is 65.2 Å². The maximum Gasteiger partial charge on any atom is 0.279 e. The lowest BCUT2D eigenvalue weighted by Crippen LogP contribution is -2.58. The first-order chi connectivity index (χ1) is 15.3. The van der Waals surface area contributed by atoms with Crippen molar-refractivity contribution in [2.45, 2.75) is 47.1 Å². The van der Waals surface area contributed by atoms with Crippen molar-refractivity contribution in [1.82, 2.24) is 5.32 Å². The summed E-state index contributed by atoms with van der Waals surface area (Å²) in [5, 5.41) is 6.28. The molecule has 2 N–H and O–H groups in total. The van der Waals surface area contributed by atoms with E-state index in [0.717, 1.165) is 42.7 Å². The maximum atomic E-state index is 13.2. The quantitative estimate of drug-likeness (QED) is 0.601. The molecule has 0 aliphatic carbocycles. The van der Waals surface area contributed by atoms with E-state index in [0.29, 0.717) is 30.0 Å². The van der Waals surface area contributed by atoms with Crippen LogP contribution in [0.5, 0.6) is 0 Å². The molecule has 1 saturated heterocycles. The van der Waals surface area contributed by atoms with Crippen molar-refractivity contribution in [3.8, 4) is 0 Å². The highest BCUT2D eigenvalue weighted by Crippen LogP contribution is 2.28. The van der Waals surface area contributed by atoms with Crippen molar-refractivity contribution in [3.63, 3.8) is 0 Å². The number of anilines is 1. The number of hydrogen-bond donors (Lipinski definition) is 2. The van der Waals surface area contributed by atoms with Gasteiger partial charge in [-0.15, -0.1) is 0 Å². The Kier molecular flexibility index (Phi) is 8.08. The topological polar surface area (TPSA) is 58.2 Å². The standard InChI is InChI=1S/C27H37N3O2/c1-20(2)16-28-27(32)24-14-9-15-30(18-24,17-23-12-6-5-7-13-23)19-25(31)29-26-21(3)10-8-11-22(26)4/h5-8,10-13,20,24H,9,14-19H2,1-4H3,(H-,28,29,31,32)/p+1. The van der Waals surface area contributed by atoms with Gasteiger partial charge < -0.3 is 15.1 Å². The summed E-state index contributed by atoms with van der Waals surface area (Å²) in [5.41, 5.74) is 4.24. The molecule has 32 heavy (non-hydrogen) atoms. The molecule has 2 aromatic rings. The highest BCUT2D eigenvalue weighted by atomic mass is 16.2. The van der Waals surface area contributed by atoms with E-state index in [1.165, 1.54) is 5.56 Å². The summed E-state index contributed by atoms with van der Waals surface area (Å²) < 4.78 is 0.612. The normalized spacial score (nSPS) is 20.7. The number of rotatable bonds is 8. The van der Waals surface area contributed by atoms with Gasteiger partial charge in [0, 0.05) is 17.8 Å². The summed E-state index contributed by atoms with van der Waals surface area (Å²) in [6.45, 7) is 11.7. The fraction of sp³-hybridized carbons (Fsp3) is 0.481. The molecule has 0 aromatic heterocycles. The van der Waals surface area contributed by atoms with Gasteiger partial charge in [0.15, 0.2) is 6.54 Å². The van der Waals surface area contributed by atoms with Gasteiger partial charge in [-0.1, -0.05) is 62.4 Å². The Hall–Kier alpha value is -2.66. The van der Waals surface area contributed by atoms with Crippen molar-refractivity contribution in [2.24, 2.45) is 11.8 Å². The summed E-state index contributed by atoms with van der Waals surface area (Å²) in [4.78, 5) is 26.1. The average Bonchev–Trinajstić information content (AvgIpc) is 2.75. The van der Waals surface area contributed by atoms with Crippen LogP contribution >= 0.6 is 0 Å². The molecule has 0 saturated carbocycles. The molecule has 2 atom stereocenters. The van der Waals surface area contributed by atoms with Crippen LogP contribution in [-0.4, -0.2) is 42.5 Å². The zero-order valence-electron chi connectivity index (χ0n) is 20.0. The molecule has 1 heterocycles. The number of likely N-dealkylation sites (tertiary alicyclic amines) is 1. The number of quaternary nitrogens is 1. The van der Waals surface area contributed by atoms with Crippen LogP contribution in [0.2, 0.25) is 0 Å². The van der Waals surface area contributed by atoms with E-state index < -0.39 is 0 Å². The number of carbonyl (C=O) groups excluding carboxylic acids is 2. The van der Waals surface area contributed by atoms with Crippen molar-refractivity contribution >= 4 is 17.5 Å². The molecule has 2 aromatic carbocycles. The fourth-order valence-electron chi connectivity index (χ4n) is 4.80. The smallest absolute Gasteiger partial charge is 0.279 e. The van der Waals surface area contributed by atoms with Gasteiger partial charge in [-0.3, -0.25) is 9.59 Å². The van der Waals surface area contributed by atoms with E-state index in [1.807, 2.05) is 50.2 Å². The number of piperidine rings is 1. The number of nitrogens with zero attached hydrogens (tertiary/aromatic N) is 1. The third kappa shape index (κ3) is 6.42. The Labute approximate surface area is 192 Å². The number of hydrogen-bond acceptors (Lipinski definition) is 2.